The molecule has 5 nitrogen and oxygen atoms in total. The molecule has 1 aromatic carbocycles. The number of β-lactam (4-membered cyclic amide) rings is 1. The van der Waals surface area contributed by atoms with Crippen molar-refractivity contribution in [2.45, 2.75) is 33.4 Å². The molecule has 0 N–H and O–H groups in total. The normalized spacial score (nSPS) is 18.4. The molecule has 1 saturated heterocycles. The Labute approximate surface area is 117 Å². The fourth-order valence-electron chi connectivity index (χ4n) is 1.85. The van der Waals surface area contributed by atoms with Crippen molar-refractivity contribution in [2.24, 2.45) is 5.41 Å². The molecule has 1 aliphatic rings. The topological polar surface area (TPSA) is 63.7 Å². The second kappa shape index (κ2) is 5.07. The standard InChI is InChI=1S/C15H17NO4/c1-15(2,3)14(19)16-11(17)9-12(16)20-13(18)10-7-5-4-6-8-10/h4-8,12H,9H2,1-3H3. The van der Waals surface area contributed by atoms with Crippen LogP contribution in [0.1, 0.15) is 37.6 Å². The number of imide groups is 1. The number of amides is 2. The number of ether oxygens (including phenoxy) is 1. The van der Waals surface area contributed by atoms with Crippen LogP contribution in [0.25, 0.3) is 0 Å². The minimum Gasteiger partial charge on any atom is -0.437 e. The molecule has 0 saturated carbocycles. The Balaban J connectivity index is 2.06. The summed E-state index contributed by atoms with van der Waals surface area (Å²) in [6, 6.07) is 8.48. The first kappa shape index (κ1) is 14.2. The van der Waals surface area contributed by atoms with Crippen molar-refractivity contribution in [3.8, 4) is 0 Å². The molecule has 1 aliphatic heterocycles. The van der Waals surface area contributed by atoms with Crippen LogP contribution in [0.3, 0.4) is 0 Å². The lowest BCUT2D eigenvalue weighted by Gasteiger charge is -2.40. The van der Waals surface area contributed by atoms with Crippen LogP contribution < -0.4 is 0 Å². The second-order valence-corrected chi connectivity index (χ2v) is 5.75. The molecule has 20 heavy (non-hydrogen) atoms. The summed E-state index contributed by atoms with van der Waals surface area (Å²) in [5, 5.41) is 0. The molecule has 0 aromatic heterocycles. The molecular formula is C15H17NO4. The third-order valence-electron chi connectivity index (χ3n) is 3.02. The summed E-state index contributed by atoms with van der Waals surface area (Å²) in [6.45, 7) is 5.16. The van der Waals surface area contributed by atoms with E-state index in [-0.39, 0.29) is 18.2 Å². The van der Waals surface area contributed by atoms with Crippen LogP contribution in [-0.2, 0) is 14.3 Å². The number of likely N-dealkylation sites (tertiary alicyclic amines) is 1. The van der Waals surface area contributed by atoms with Gasteiger partial charge in [0.2, 0.25) is 11.8 Å². The van der Waals surface area contributed by atoms with Crippen LogP contribution in [0.2, 0.25) is 0 Å². The Hall–Kier alpha value is -2.17. The summed E-state index contributed by atoms with van der Waals surface area (Å²) in [4.78, 5) is 36.6. The molecule has 1 heterocycles. The molecule has 2 rings (SSSR count). The molecule has 106 valence electrons. The quantitative estimate of drug-likeness (QED) is 0.611. The van der Waals surface area contributed by atoms with Crippen LogP contribution >= 0.6 is 0 Å². The Morgan fingerprint density at radius 2 is 1.80 bits per heavy atom. The molecule has 5 heteroatoms. The van der Waals surface area contributed by atoms with Gasteiger partial charge in [0.05, 0.1) is 12.0 Å². The number of hydrogen-bond acceptors (Lipinski definition) is 4. The van der Waals surface area contributed by atoms with E-state index >= 15 is 0 Å². The van der Waals surface area contributed by atoms with E-state index in [0.717, 1.165) is 4.90 Å². The van der Waals surface area contributed by atoms with Gasteiger partial charge in [-0.15, -0.1) is 0 Å². The fourth-order valence-corrected chi connectivity index (χ4v) is 1.85. The lowest BCUT2D eigenvalue weighted by molar-refractivity contribution is -0.179. The van der Waals surface area contributed by atoms with Crippen molar-refractivity contribution in [2.75, 3.05) is 0 Å². The monoisotopic (exact) mass is 275 g/mol. The number of carbonyl (C=O) groups excluding carboxylic acids is 3. The predicted octanol–water partition coefficient (Wildman–Crippen LogP) is 1.97. The molecule has 1 atom stereocenters. The van der Waals surface area contributed by atoms with Gasteiger partial charge in [0, 0.05) is 5.41 Å². The molecule has 2 amide bonds. The van der Waals surface area contributed by atoms with E-state index in [2.05, 4.69) is 0 Å². The third kappa shape index (κ3) is 2.71. The summed E-state index contributed by atoms with van der Waals surface area (Å²) in [6.07, 6.45) is -0.734. The van der Waals surface area contributed by atoms with Gasteiger partial charge in [0.1, 0.15) is 0 Å². The summed E-state index contributed by atoms with van der Waals surface area (Å²) in [5.74, 6) is -1.18. The van der Waals surface area contributed by atoms with Crippen molar-refractivity contribution >= 4 is 17.8 Å². The molecule has 0 radical (unpaired) electrons. The Bertz CT molecular complexity index is 545. The zero-order chi connectivity index (χ0) is 14.9. The summed E-state index contributed by atoms with van der Waals surface area (Å²) in [5.41, 5.74) is -0.289. The maximum Gasteiger partial charge on any atom is 0.340 e. The van der Waals surface area contributed by atoms with E-state index in [1.807, 2.05) is 0 Å². The maximum absolute atomic E-state index is 12.1. The molecule has 1 unspecified atom stereocenters. The fraction of sp³-hybridized carbons (Fsp3) is 0.400. The second-order valence-electron chi connectivity index (χ2n) is 5.75. The van der Waals surface area contributed by atoms with Crippen molar-refractivity contribution in [3.05, 3.63) is 35.9 Å². The van der Waals surface area contributed by atoms with Gasteiger partial charge in [-0.2, -0.15) is 0 Å². The van der Waals surface area contributed by atoms with Gasteiger partial charge < -0.3 is 4.74 Å². The van der Waals surface area contributed by atoms with Crippen LogP contribution in [-0.4, -0.2) is 28.9 Å². The zero-order valence-corrected chi connectivity index (χ0v) is 11.8. The van der Waals surface area contributed by atoms with Crippen molar-refractivity contribution in [1.29, 1.82) is 0 Å². The van der Waals surface area contributed by atoms with Gasteiger partial charge in [-0.25, -0.2) is 9.69 Å². The summed E-state index contributed by atoms with van der Waals surface area (Å²) < 4.78 is 5.22. The molecule has 0 aliphatic carbocycles. The minimum absolute atomic E-state index is 0.0559. The van der Waals surface area contributed by atoms with E-state index in [0.29, 0.717) is 5.56 Å². The molecular weight excluding hydrogens is 258 g/mol. The summed E-state index contributed by atoms with van der Waals surface area (Å²) >= 11 is 0. The highest BCUT2D eigenvalue weighted by Gasteiger charge is 2.46. The van der Waals surface area contributed by atoms with Gasteiger partial charge in [-0.3, -0.25) is 9.59 Å². The van der Waals surface area contributed by atoms with Gasteiger partial charge in [0.25, 0.3) is 0 Å². The van der Waals surface area contributed by atoms with Gasteiger partial charge >= 0.3 is 5.97 Å². The lowest BCUT2D eigenvalue weighted by atomic mass is 9.92. The number of hydrogen-bond donors (Lipinski definition) is 0. The Kier molecular flexibility index (Phi) is 3.61. The van der Waals surface area contributed by atoms with E-state index in [1.54, 1.807) is 51.1 Å². The summed E-state index contributed by atoms with van der Waals surface area (Å²) in [7, 11) is 0. The van der Waals surface area contributed by atoms with Crippen LogP contribution in [0.4, 0.5) is 0 Å². The molecule has 0 spiro atoms. The molecule has 0 bridgehead atoms. The van der Waals surface area contributed by atoms with E-state index in [9.17, 15) is 14.4 Å². The average molecular weight is 275 g/mol. The zero-order valence-electron chi connectivity index (χ0n) is 11.8. The average Bonchev–Trinajstić information content (AvgIpc) is 2.37. The highest BCUT2D eigenvalue weighted by Crippen LogP contribution is 2.28. The SMILES string of the molecule is CC(C)(C)C(=O)N1C(=O)CC1OC(=O)c1ccccc1. The van der Waals surface area contributed by atoms with Crippen molar-refractivity contribution in [1.82, 2.24) is 4.90 Å². The van der Waals surface area contributed by atoms with E-state index in [1.165, 1.54) is 0 Å². The smallest absolute Gasteiger partial charge is 0.340 e. The van der Waals surface area contributed by atoms with Crippen LogP contribution in [0.15, 0.2) is 30.3 Å². The number of rotatable bonds is 2. The van der Waals surface area contributed by atoms with Crippen LogP contribution in [0.5, 0.6) is 0 Å². The minimum atomic E-state index is -0.790. The number of benzene rings is 1. The van der Waals surface area contributed by atoms with Gasteiger partial charge in [0.15, 0.2) is 6.23 Å². The van der Waals surface area contributed by atoms with Crippen LogP contribution in [0, 0.1) is 5.41 Å². The van der Waals surface area contributed by atoms with Crippen molar-refractivity contribution < 1.29 is 19.1 Å². The lowest BCUT2D eigenvalue weighted by Crippen LogP contribution is -2.60. The maximum atomic E-state index is 12.1. The first-order chi connectivity index (χ1) is 9.30. The Morgan fingerprint density at radius 3 is 2.30 bits per heavy atom. The number of carbonyl (C=O) groups is 3. The molecule has 1 fully saturated rings. The highest BCUT2D eigenvalue weighted by molar-refractivity contribution is 6.02. The number of esters is 1. The highest BCUT2D eigenvalue weighted by atomic mass is 16.6. The first-order valence-electron chi connectivity index (χ1n) is 6.43. The number of nitrogens with zero attached hydrogens (tertiary/aromatic N) is 1. The van der Waals surface area contributed by atoms with E-state index < -0.39 is 17.6 Å². The van der Waals surface area contributed by atoms with Gasteiger partial charge in [-0.1, -0.05) is 39.0 Å². The van der Waals surface area contributed by atoms with E-state index in [4.69, 9.17) is 4.74 Å². The first-order valence-corrected chi connectivity index (χ1v) is 6.43. The third-order valence-corrected chi connectivity index (χ3v) is 3.02. The van der Waals surface area contributed by atoms with Gasteiger partial charge in [-0.05, 0) is 12.1 Å². The predicted molar refractivity (Wildman–Crippen MR) is 71.6 cm³/mol. The molecule has 1 aromatic rings. The van der Waals surface area contributed by atoms with Crippen molar-refractivity contribution in [3.63, 3.8) is 0 Å². The largest absolute Gasteiger partial charge is 0.437 e. The Morgan fingerprint density at radius 1 is 1.20 bits per heavy atom.